The lowest BCUT2D eigenvalue weighted by molar-refractivity contribution is 0.487. The molecule has 0 aromatic carbocycles. The molecule has 2 heteroatoms. The van der Waals surface area contributed by atoms with Gasteiger partial charge >= 0.3 is 0 Å². The molecule has 0 aromatic heterocycles. The summed E-state index contributed by atoms with van der Waals surface area (Å²) in [5.74, 6) is 0.837. The molecular formula is C8H20N2. The Bertz CT molecular complexity index is 62.3. The van der Waals surface area contributed by atoms with Gasteiger partial charge in [-0.2, -0.15) is 0 Å². The van der Waals surface area contributed by atoms with E-state index in [-0.39, 0.29) is 0 Å². The molecule has 0 aliphatic carbocycles. The van der Waals surface area contributed by atoms with Crippen LogP contribution in [0.2, 0.25) is 0 Å². The van der Waals surface area contributed by atoms with Crippen LogP contribution >= 0.6 is 0 Å². The van der Waals surface area contributed by atoms with E-state index >= 15 is 0 Å². The third-order valence-corrected chi connectivity index (χ3v) is 1.39. The van der Waals surface area contributed by atoms with Gasteiger partial charge in [-0.15, -0.1) is 0 Å². The monoisotopic (exact) mass is 144 g/mol. The van der Waals surface area contributed by atoms with E-state index in [1.807, 2.05) is 0 Å². The Morgan fingerprint density at radius 2 is 1.90 bits per heavy atom. The summed E-state index contributed by atoms with van der Waals surface area (Å²) < 4.78 is 0. The summed E-state index contributed by atoms with van der Waals surface area (Å²) in [6.07, 6.45) is 2.59. The van der Waals surface area contributed by atoms with E-state index in [1.165, 1.54) is 12.8 Å². The zero-order valence-corrected chi connectivity index (χ0v) is 7.41. The van der Waals surface area contributed by atoms with Crippen LogP contribution in [0.3, 0.4) is 0 Å². The van der Waals surface area contributed by atoms with Gasteiger partial charge in [-0.25, -0.2) is 0 Å². The summed E-state index contributed by atoms with van der Waals surface area (Å²) in [6, 6.07) is 0. The summed E-state index contributed by atoms with van der Waals surface area (Å²) in [5.41, 5.74) is 6.21. The molecule has 0 aliphatic heterocycles. The van der Waals surface area contributed by atoms with Crippen LogP contribution in [0.1, 0.15) is 33.6 Å². The molecule has 0 spiro atoms. The van der Waals surface area contributed by atoms with E-state index in [9.17, 15) is 0 Å². The van der Waals surface area contributed by atoms with Gasteiger partial charge in [0.15, 0.2) is 0 Å². The van der Waals surface area contributed by atoms with E-state index in [2.05, 4.69) is 31.6 Å². The molecule has 0 bridgehead atoms. The fourth-order valence-electron chi connectivity index (χ4n) is 0.812. The highest BCUT2D eigenvalue weighted by molar-refractivity contribution is 4.47. The maximum absolute atomic E-state index is 3.14. The van der Waals surface area contributed by atoms with Crippen molar-refractivity contribution < 1.29 is 0 Å². The van der Waals surface area contributed by atoms with Crippen molar-refractivity contribution in [3.63, 3.8) is 0 Å². The quantitative estimate of drug-likeness (QED) is 0.436. The molecule has 0 radical (unpaired) electrons. The van der Waals surface area contributed by atoms with Crippen molar-refractivity contribution in [1.29, 1.82) is 0 Å². The van der Waals surface area contributed by atoms with Gasteiger partial charge in [-0.05, 0) is 18.8 Å². The van der Waals surface area contributed by atoms with Gasteiger partial charge in [0.25, 0.3) is 0 Å². The lowest BCUT2D eigenvalue weighted by atomic mass is 10.1. The molecular weight excluding hydrogens is 124 g/mol. The van der Waals surface area contributed by atoms with Crippen molar-refractivity contribution in [2.75, 3.05) is 13.1 Å². The fourth-order valence-corrected chi connectivity index (χ4v) is 0.812. The van der Waals surface area contributed by atoms with Crippen LogP contribution < -0.4 is 10.9 Å². The van der Waals surface area contributed by atoms with Crippen molar-refractivity contribution in [3.8, 4) is 0 Å². The Kier molecular flexibility index (Phi) is 6.98. The first-order valence-corrected chi connectivity index (χ1v) is 4.23. The molecule has 0 saturated carbocycles. The molecule has 0 amide bonds. The van der Waals surface area contributed by atoms with Crippen LogP contribution in [-0.4, -0.2) is 13.1 Å². The molecule has 0 rings (SSSR count). The molecule has 0 saturated heterocycles. The minimum atomic E-state index is 0.837. The van der Waals surface area contributed by atoms with Crippen LogP contribution in [-0.2, 0) is 0 Å². The first-order chi connectivity index (χ1) is 4.77. The van der Waals surface area contributed by atoms with E-state index in [1.54, 1.807) is 0 Å². The second-order valence-corrected chi connectivity index (χ2v) is 2.99. The van der Waals surface area contributed by atoms with Crippen molar-refractivity contribution in [2.45, 2.75) is 33.6 Å². The number of hydrazine groups is 1. The Hall–Kier alpha value is -0.0800. The minimum Gasteiger partial charge on any atom is -0.258 e. The molecule has 0 atom stereocenters. The average molecular weight is 144 g/mol. The zero-order chi connectivity index (χ0) is 7.82. The van der Waals surface area contributed by atoms with E-state index in [0.29, 0.717) is 0 Å². The van der Waals surface area contributed by atoms with Crippen LogP contribution in [0, 0.1) is 5.92 Å². The predicted molar refractivity (Wildman–Crippen MR) is 45.8 cm³/mol. The van der Waals surface area contributed by atoms with Gasteiger partial charge in [0.2, 0.25) is 0 Å². The first-order valence-electron chi connectivity index (χ1n) is 4.23. The number of hydrogen-bond acceptors (Lipinski definition) is 2. The largest absolute Gasteiger partial charge is 0.258 e. The van der Waals surface area contributed by atoms with Crippen molar-refractivity contribution in [2.24, 2.45) is 5.92 Å². The Morgan fingerprint density at radius 3 is 2.40 bits per heavy atom. The van der Waals surface area contributed by atoms with Gasteiger partial charge < -0.3 is 0 Å². The summed E-state index contributed by atoms with van der Waals surface area (Å²) in [7, 11) is 0. The maximum Gasteiger partial charge on any atom is 0.00998 e. The summed E-state index contributed by atoms with van der Waals surface area (Å²) >= 11 is 0. The van der Waals surface area contributed by atoms with E-state index < -0.39 is 0 Å². The Labute approximate surface area is 64.4 Å². The summed E-state index contributed by atoms with van der Waals surface area (Å²) in [6.45, 7) is 8.70. The smallest absolute Gasteiger partial charge is 0.00998 e. The molecule has 0 aromatic rings. The van der Waals surface area contributed by atoms with E-state index in [0.717, 1.165) is 19.0 Å². The highest BCUT2D eigenvalue weighted by Gasteiger charge is 1.91. The Balaban J connectivity index is 2.77. The summed E-state index contributed by atoms with van der Waals surface area (Å²) in [5, 5.41) is 0. The third kappa shape index (κ3) is 7.92. The van der Waals surface area contributed by atoms with Crippen LogP contribution in [0.15, 0.2) is 0 Å². The van der Waals surface area contributed by atoms with Gasteiger partial charge in [-0.1, -0.05) is 20.8 Å². The van der Waals surface area contributed by atoms with Crippen LogP contribution in [0.25, 0.3) is 0 Å². The van der Waals surface area contributed by atoms with Crippen molar-refractivity contribution in [1.82, 2.24) is 10.9 Å². The molecule has 2 nitrogen and oxygen atoms in total. The molecule has 0 fully saturated rings. The number of hydrogen-bond donors (Lipinski definition) is 2. The number of rotatable bonds is 6. The summed E-state index contributed by atoms with van der Waals surface area (Å²) in [4.78, 5) is 0. The van der Waals surface area contributed by atoms with Gasteiger partial charge in [0.1, 0.15) is 0 Å². The minimum absolute atomic E-state index is 0.837. The first kappa shape index (κ1) is 9.92. The molecule has 0 unspecified atom stereocenters. The standard InChI is InChI=1S/C8H20N2/c1-4-9-10-7-5-6-8(2)3/h8-10H,4-7H2,1-3H3. The highest BCUT2D eigenvalue weighted by Crippen LogP contribution is 2.00. The second kappa shape index (κ2) is 7.03. The normalized spacial score (nSPS) is 10.8. The zero-order valence-electron chi connectivity index (χ0n) is 7.41. The number of nitrogens with one attached hydrogen (secondary N) is 2. The lowest BCUT2D eigenvalue weighted by Gasteiger charge is -2.05. The van der Waals surface area contributed by atoms with Gasteiger partial charge in [0, 0.05) is 13.1 Å². The van der Waals surface area contributed by atoms with Gasteiger partial charge in [0.05, 0.1) is 0 Å². The molecule has 0 heterocycles. The molecule has 2 N–H and O–H groups in total. The third-order valence-electron chi connectivity index (χ3n) is 1.39. The maximum atomic E-state index is 3.14. The lowest BCUT2D eigenvalue weighted by Crippen LogP contribution is -2.32. The van der Waals surface area contributed by atoms with Crippen LogP contribution in [0.5, 0.6) is 0 Å². The van der Waals surface area contributed by atoms with Crippen molar-refractivity contribution in [3.05, 3.63) is 0 Å². The topological polar surface area (TPSA) is 24.1 Å². The predicted octanol–water partition coefficient (Wildman–Crippen LogP) is 1.54. The van der Waals surface area contributed by atoms with Crippen molar-refractivity contribution >= 4 is 0 Å². The molecule has 10 heavy (non-hydrogen) atoms. The van der Waals surface area contributed by atoms with E-state index in [4.69, 9.17) is 0 Å². The average Bonchev–Trinajstić information content (AvgIpc) is 1.87. The van der Waals surface area contributed by atoms with Gasteiger partial charge in [-0.3, -0.25) is 10.9 Å². The fraction of sp³-hybridized carbons (Fsp3) is 1.00. The second-order valence-electron chi connectivity index (χ2n) is 2.99. The SMILES string of the molecule is CCNNCCCC(C)C. The highest BCUT2D eigenvalue weighted by atomic mass is 15.3. The molecule has 0 aliphatic rings. The Morgan fingerprint density at radius 1 is 1.20 bits per heavy atom. The molecule has 62 valence electrons. The van der Waals surface area contributed by atoms with Crippen LogP contribution in [0.4, 0.5) is 0 Å².